The first-order chi connectivity index (χ1) is 20.6. The fourth-order valence-corrected chi connectivity index (χ4v) is 5.30. The van der Waals surface area contributed by atoms with E-state index in [1.54, 1.807) is 6.20 Å². The van der Waals surface area contributed by atoms with Gasteiger partial charge in [-0.25, -0.2) is 9.97 Å². The highest BCUT2D eigenvalue weighted by Gasteiger charge is 2.23. The molecule has 5 rings (SSSR count). The van der Waals surface area contributed by atoms with E-state index in [-0.39, 0.29) is 18.1 Å². The van der Waals surface area contributed by atoms with Crippen LogP contribution in [0.15, 0.2) is 54.7 Å². The van der Waals surface area contributed by atoms with Gasteiger partial charge in [0.2, 0.25) is 0 Å². The molecule has 228 valence electrons. The summed E-state index contributed by atoms with van der Waals surface area (Å²) in [6.45, 7) is 9.80. The van der Waals surface area contributed by atoms with Crippen LogP contribution in [0.5, 0.6) is 5.75 Å². The first kappa shape index (κ1) is 30.8. The normalized spacial score (nSPS) is 14.8. The Hall–Kier alpha value is -3.66. The van der Waals surface area contributed by atoms with E-state index in [2.05, 4.69) is 75.4 Å². The zero-order valence-corrected chi connectivity index (χ0v) is 26.5. The number of hydrogen-bond acceptors (Lipinski definition) is 7. The maximum Gasteiger partial charge on any atom is 0.258 e. The molecular weight excluding hydrogens is 562 g/mol. The second-order valence-corrected chi connectivity index (χ2v) is 12.7. The molecule has 10 heteroatoms. The van der Waals surface area contributed by atoms with Gasteiger partial charge in [0, 0.05) is 43.3 Å². The highest BCUT2D eigenvalue weighted by atomic mass is 35.5. The van der Waals surface area contributed by atoms with Gasteiger partial charge < -0.3 is 25.3 Å². The molecule has 2 aromatic heterocycles. The van der Waals surface area contributed by atoms with E-state index in [4.69, 9.17) is 21.3 Å². The monoisotopic (exact) mass is 603 g/mol. The molecule has 0 radical (unpaired) electrons. The summed E-state index contributed by atoms with van der Waals surface area (Å²) in [4.78, 5) is 29.5. The van der Waals surface area contributed by atoms with Crippen molar-refractivity contribution in [2.24, 2.45) is 0 Å². The number of carbonyl (C=O) groups is 1. The van der Waals surface area contributed by atoms with Crippen LogP contribution >= 0.6 is 11.6 Å². The fourth-order valence-electron chi connectivity index (χ4n) is 5.10. The van der Waals surface area contributed by atoms with Crippen LogP contribution in [0.2, 0.25) is 5.02 Å². The molecule has 4 aromatic rings. The number of nitrogens with zero attached hydrogens (tertiary/aromatic N) is 4. The third-order valence-corrected chi connectivity index (χ3v) is 8.61. The van der Waals surface area contributed by atoms with Gasteiger partial charge in [0.25, 0.3) is 5.91 Å². The molecule has 0 saturated carbocycles. The van der Waals surface area contributed by atoms with Crippen LogP contribution < -0.4 is 15.4 Å². The van der Waals surface area contributed by atoms with E-state index in [1.807, 2.05) is 38.4 Å². The lowest BCUT2D eigenvalue weighted by atomic mass is 10.0. The molecule has 9 nitrogen and oxygen atoms in total. The van der Waals surface area contributed by atoms with Gasteiger partial charge >= 0.3 is 0 Å². The standard InChI is InChI=1S/C33H42ClN7O2/c1-22-7-6-8-23(17-22)19-41-15-13-25(14-16-41)37-29-27(34)18-35-32-30(29)38-31(39-32)24-9-11-26(12-10-24)43-20-28(42)36-21-33(2,3)40(4)5/h6-12,17-18,25H,13-16,19-21H2,1-5H3,(H,36,42)(H2,35,37,38,39). The predicted molar refractivity (Wildman–Crippen MR) is 174 cm³/mol. The molecule has 0 aliphatic carbocycles. The van der Waals surface area contributed by atoms with Crippen LogP contribution in [0.3, 0.4) is 0 Å². The zero-order valence-electron chi connectivity index (χ0n) is 25.7. The van der Waals surface area contributed by atoms with Crippen LogP contribution in [0.1, 0.15) is 37.8 Å². The molecule has 0 bridgehead atoms. The molecular formula is C33H42ClN7O2. The number of ether oxygens (including phenoxy) is 1. The third-order valence-electron chi connectivity index (χ3n) is 8.32. The molecule has 3 heterocycles. The van der Waals surface area contributed by atoms with E-state index >= 15 is 0 Å². The van der Waals surface area contributed by atoms with Gasteiger partial charge in [-0.3, -0.25) is 9.69 Å². The Morgan fingerprint density at radius 2 is 1.91 bits per heavy atom. The first-order valence-electron chi connectivity index (χ1n) is 14.8. The van der Waals surface area contributed by atoms with Gasteiger partial charge in [-0.1, -0.05) is 41.4 Å². The number of benzene rings is 2. The quantitative estimate of drug-likeness (QED) is 0.208. The number of rotatable bonds is 11. The number of likely N-dealkylation sites (N-methyl/N-ethyl adjacent to an activating group) is 1. The number of hydrogen-bond donors (Lipinski definition) is 3. The lowest BCUT2D eigenvalue weighted by Gasteiger charge is -2.33. The van der Waals surface area contributed by atoms with Gasteiger partial charge in [-0.15, -0.1) is 0 Å². The minimum Gasteiger partial charge on any atom is -0.484 e. The summed E-state index contributed by atoms with van der Waals surface area (Å²) in [6, 6.07) is 16.6. The number of carbonyl (C=O) groups excluding carboxylic acids is 1. The van der Waals surface area contributed by atoms with Gasteiger partial charge in [0.1, 0.15) is 17.1 Å². The number of piperidine rings is 1. The Morgan fingerprint density at radius 1 is 1.16 bits per heavy atom. The predicted octanol–water partition coefficient (Wildman–Crippen LogP) is 5.50. The SMILES string of the molecule is Cc1cccc(CN2CCC(Nc3c(Cl)cnc4nc(-c5ccc(OCC(=O)NCC(C)(C)N(C)C)cc5)[nH]c34)CC2)c1. The van der Waals surface area contributed by atoms with Crippen LogP contribution in [0, 0.1) is 6.92 Å². The van der Waals surface area contributed by atoms with Gasteiger partial charge in [0.05, 0.1) is 16.9 Å². The van der Waals surface area contributed by atoms with Crippen molar-refractivity contribution < 1.29 is 9.53 Å². The Kier molecular flexibility index (Phi) is 9.54. The molecule has 3 N–H and O–H groups in total. The number of aromatic amines is 1. The van der Waals surface area contributed by atoms with Crippen LogP contribution in [0.25, 0.3) is 22.6 Å². The number of likely N-dealkylation sites (tertiary alicyclic amines) is 1. The fraction of sp³-hybridized carbons (Fsp3) is 0.424. The number of nitrogens with one attached hydrogen (secondary N) is 3. The number of anilines is 1. The van der Waals surface area contributed by atoms with Crippen molar-refractivity contribution in [1.82, 2.24) is 30.1 Å². The van der Waals surface area contributed by atoms with Gasteiger partial charge in [-0.2, -0.15) is 0 Å². The summed E-state index contributed by atoms with van der Waals surface area (Å²) in [7, 11) is 3.98. The summed E-state index contributed by atoms with van der Waals surface area (Å²) in [5.74, 6) is 1.14. The number of aryl methyl sites for hydroxylation is 1. The number of pyridine rings is 1. The number of aromatic nitrogens is 3. The summed E-state index contributed by atoms with van der Waals surface area (Å²) < 4.78 is 5.71. The van der Waals surface area contributed by atoms with Crippen LogP contribution in [-0.2, 0) is 11.3 Å². The zero-order chi connectivity index (χ0) is 30.6. The number of fused-ring (bicyclic) bond motifs is 1. The molecule has 43 heavy (non-hydrogen) atoms. The molecule has 0 unspecified atom stereocenters. The van der Waals surface area contributed by atoms with E-state index in [0.29, 0.717) is 34.8 Å². The summed E-state index contributed by atoms with van der Waals surface area (Å²) in [6.07, 6.45) is 3.71. The topological polar surface area (TPSA) is 98.4 Å². The van der Waals surface area contributed by atoms with Crippen molar-refractivity contribution in [3.05, 3.63) is 70.9 Å². The molecule has 1 fully saturated rings. The average Bonchev–Trinajstić information content (AvgIpc) is 3.42. The molecule has 1 saturated heterocycles. The van der Waals surface area contributed by atoms with Gasteiger partial charge in [0.15, 0.2) is 12.3 Å². The van der Waals surface area contributed by atoms with Crippen molar-refractivity contribution in [2.75, 3.05) is 45.7 Å². The highest BCUT2D eigenvalue weighted by molar-refractivity contribution is 6.34. The largest absolute Gasteiger partial charge is 0.484 e. The minimum atomic E-state index is -0.156. The summed E-state index contributed by atoms with van der Waals surface area (Å²) in [5, 5.41) is 7.18. The molecule has 0 atom stereocenters. The van der Waals surface area contributed by atoms with Gasteiger partial charge in [-0.05, 0) is 77.5 Å². The number of amides is 1. The lowest BCUT2D eigenvalue weighted by Crippen LogP contribution is -2.48. The summed E-state index contributed by atoms with van der Waals surface area (Å²) >= 11 is 6.64. The average molecular weight is 604 g/mol. The van der Waals surface area contributed by atoms with E-state index in [1.165, 1.54) is 11.1 Å². The van der Waals surface area contributed by atoms with E-state index < -0.39 is 0 Å². The second kappa shape index (κ2) is 13.3. The van der Waals surface area contributed by atoms with Crippen molar-refractivity contribution in [1.29, 1.82) is 0 Å². The van der Waals surface area contributed by atoms with Crippen molar-refractivity contribution in [2.45, 2.75) is 51.7 Å². The molecule has 1 amide bonds. The minimum absolute atomic E-state index is 0.0458. The smallest absolute Gasteiger partial charge is 0.258 e. The highest BCUT2D eigenvalue weighted by Crippen LogP contribution is 2.32. The Morgan fingerprint density at radius 3 is 2.60 bits per heavy atom. The Labute approximate surface area is 259 Å². The van der Waals surface area contributed by atoms with Crippen molar-refractivity contribution >= 4 is 34.4 Å². The number of imidazole rings is 1. The number of H-pyrrole nitrogens is 1. The van der Waals surface area contributed by atoms with E-state index in [0.717, 1.165) is 49.2 Å². The maximum absolute atomic E-state index is 12.3. The van der Waals surface area contributed by atoms with Crippen molar-refractivity contribution in [3.63, 3.8) is 0 Å². The Balaban J connectivity index is 1.18. The molecule has 1 aliphatic rings. The van der Waals surface area contributed by atoms with E-state index in [9.17, 15) is 4.79 Å². The van der Waals surface area contributed by atoms with Crippen molar-refractivity contribution in [3.8, 4) is 17.1 Å². The van der Waals surface area contributed by atoms with Crippen LogP contribution in [0.4, 0.5) is 5.69 Å². The summed E-state index contributed by atoms with van der Waals surface area (Å²) in [5.41, 5.74) is 5.64. The number of halogens is 1. The molecule has 2 aromatic carbocycles. The lowest BCUT2D eigenvalue weighted by molar-refractivity contribution is -0.123. The molecule has 0 spiro atoms. The Bertz CT molecular complexity index is 1540. The molecule has 1 aliphatic heterocycles. The third kappa shape index (κ3) is 7.84. The van der Waals surface area contributed by atoms with Crippen LogP contribution in [-0.4, -0.2) is 82.6 Å². The first-order valence-corrected chi connectivity index (χ1v) is 15.2. The second-order valence-electron chi connectivity index (χ2n) is 12.2. The maximum atomic E-state index is 12.3.